The molecule has 0 aliphatic heterocycles. The quantitative estimate of drug-likeness (QED) is 0.793. The van der Waals surface area contributed by atoms with E-state index in [1.807, 2.05) is 12.3 Å². The minimum Gasteiger partial charge on any atom is -0.356 e. The third-order valence-corrected chi connectivity index (χ3v) is 3.88. The highest BCUT2D eigenvalue weighted by atomic mass is 16.5. The summed E-state index contributed by atoms with van der Waals surface area (Å²) in [6.07, 6.45) is 6.86. The van der Waals surface area contributed by atoms with Gasteiger partial charge in [0.15, 0.2) is 5.82 Å². The van der Waals surface area contributed by atoms with E-state index in [1.165, 1.54) is 5.56 Å². The summed E-state index contributed by atoms with van der Waals surface area (Å²) in [5.74, 6) is 1.69. The van der Waals surface area contributed by atoms with Gasteiger partial charge in [0.2, 0.25) is 11.8 Å². The Labute approximate surface area is 129 Å². The second-order valence-electron chi connectivity index (χ2n) is 5.66. The first kappa shape index (κ1) is 14.7. The van der Waals surface area contributed by atoms with E-state index < -0.39 is 0 Å². The summed E-state index contributed by atoms with van der Waals surface area (Å²) >= 11 is 0. The molecule has 1 fully saturated rings. The number of nitrogens with one attached hydrogen (secondary N) is 1. The van der Waals surface area contributed by atoms with Gasteiger partial charge in [-0.3, -0.25) is 9.78 Å². The minimum atomic E-state index is -0.0552. The highest BCUT2D eigenvalue weighted by molar-refractivity contribution is 5.77. The monoisotopic (exact) mass is 300 g/mol. The normalized spacial score (nSPS) is 19.9. The van der Waals surface area contributed by atoms with Gasteiger partial charge in [0.1, 0.15) is 0 Å². The van der Waals surface area contributed by atoms with Gasteiger partial charge < -0.3 is 9.84 Å². The Kier molecular flexibility index (Phi) is 4.46. The number of carbonyl (C=O) groups excluding carboxylic acids is 1. The number of amides is 1. The van der Waals surface area contributed by atoms with Gasteiger partial charge in [0.25, 0.3) is 0 Å². The number of unbranched alkanes of at least 4 members (excludes halogenated alkanes) is 1. The van der Waals surface area contributed by atoms with Crippen LogP contribution >= 0.6 is 0 Å². The van der Waals surface area contributed by atoms with E-state index in [9.17, 15) is 4.79 Å². The molecule has 2 atom stereocenters. The van der Waals surface area contributed by atoms with E-state index in [2.05, 4.69) is 33.4 Å². The van der Waals surface area contributed by atoms with Crippen molar-refractivity contribution in [3.05, 3.63) is 41.8 Å². The Morgan fingerprint density at radius 3 is 3.14 bits per heavy atom. The highest BCUT2D eigenvalue weighted by Crippen LogP contribution is 2.53. The first-order valence-electron chi connectivity index (χ1n) is 7.77. The van der Waals surface area contributed by atoms with Crippen molar-refractivity contribution in [1.29, 1.82) is 0 Å². The fourth-order valence-corrected chi connectivity index (χ4v) is 2.53. The average Bonchev–Trinajstić information content (AvgIpc) is 3.21. The molecular weight excluding hydrogens is 280 g/mol. The molecule has 1 amide bonds. The topological polar surface area (TPSA) is 80.9 Å². The lowest BCUT2D eigenvalue weighted by molar-refractivity contribution is -0.120. The molecule has 1 saturated carbocycles. The Hall–Kier alpha value is -2.24. The molecule has 2 aromatic heterocycles. The molecule has 2 heterocycles. The molecule has 1 aliphatic rings. The highest BCUT2D eigenvalue weighted by Gasteiger charge is 2.43. The van der Waals surface area contributed by atoms with Crippen LogP contribution in [0.15, 0.2) is 29.0 Å². The van der Waals surface area contributed by atoms with Gasteiger partial charge in [-0.2, -0.15) is 4.98 Å². The predicted molar refractivity (Wildman–Crippen MR) is 80.3 cm³/mol. The maximum Gasteiger partial charge on any atom is 0.230 e. The van der Waals surface area contributed by atoms with Crippen molar-refractivity contribution in [2.24, 2.45) is 0 Å². The van der Waals surface area contributed by atoms with Crippen molar-refractivity contribution >= 4 is 5.91 Å². The van der Waals surface area contributed by atoms with Gasteiger partial charge in [-0.15, -0.1) is 0 Å². The van der Waals surface area contributed by atoms with Gasteiger partial charge >= 0.3 is 0 Å². The van der Waals surface area contributed by atoms with Crippen LogP contribution in [-0.4, -0.2) is 27.6 Å². The predicted octanol–water partition coefficient (Wildman–Crippen LogP) is 2.19. The summed E-state index contributed by atoms with van der Waals surface area (Å²) in [4.78, 5) is 20.2. The second kappa shape index (κ2) is 6.68. The van der Waals surface area contributed by atoms with Crippen LogP contribution in [0.2, 0.25) is 0 Å². The molecule has 0 spiro atoms. The number of aromatic nitrogens is 3. The van der Waals surface area contributed by atoms with Crippen molar-refractivity contribution in [1.82, 2.24) is 20.4 Å². The van der Waals surface area contributed by atoms with Gasteiger partial charge in [0.05, 0.1) is 6.42 Å². The zero-order valence-corrected chi connectivity index (χ0v) is 12.7. The Morgan fingerprint density at radius 2 is 2.36 bits per heavy atom. The lowest BCUT2D eigenvalue weighted by atomic mass is 10.1. The fourth-order valence-electron chi connectivity index (χ4n) is 2.53. The lowest BCUT2D eigenvalue weighted by Crippen LogP contribution is -2.26. The van der Waals surface area contributed by atoms with Crippen molar-refractivity contribution in [3.8, 4) is 0 Å². The summed E-state index contributed by atoms with van der Waals surface area (Å²) in [5, 5.41) is 6.76. The van der Waals surface area contributed by atoms with Crippen LogP contribution in [-0.2, 0) is 11.2 Å². The van der Waals surface area contributed by atoms with E-state index in [0.29, 0.717) is 24.2 Å². The molecule has 0 bridgehead atoms. The van der Waals surface area contributed by atoms with Gasteiger partial charge in [-0.05, 0) is 30.4 Å². The molecular formula is C16H20N4O2. The van der Waals surface area contributed by atoms with Gasteiger partial charge in [-0.25, -0.2) is 0 Å². The summed E-state index contributed by atoms with van der Waals surface area (Å²) in [6, 6.07) is 4.00. The number of rotatable bonds is 7. The summed E-state index contributed by atoms with van der Waals surface area (Å²) in [7, 11) is 0. The molecule has 0 aromatic carbocycles. The average molecular weight is 300 g/mol. The zero-order chi connectivity index (χ0) is 15.4. The third-order valence-electron chi connectivity index (χ3n) is 3.88. The SMILES string of the molecule is CCCCNC(=O)Cc1noc(C2CC2c2cccnc2)n1. The van der Waals surface area contributed by atoms with E-state index >= 15 is 0 Å². The van der Waals surface area contributed by atoms with Crippen LogP contribution in [0.25, 0.3) is 0 Å². The van der Waals surface area contributed by atoms with Crippen LogP contribution < -0.4 is 5.32 Å². The molecule has 116 valence electrons. The summed E-state index contributed by atoms with van der Waals surface area (Å²) in [5.41, 5.74) is 1.20. The number of pyridine rings is 1. The van der Waals surface area contributed by atoms with Crippen LogP contribution in [0.3, 0.4) is 0 Å². The Bertz CT molecular complexity index is 626. The molecule has 2 aromatic rings. The van der Waals surface area contributed by atoms with Crippen LogP contribution in [0, 0.1) is 0 Å². The second-order valence-corrected chi connectivity index (χ2v) is 5.66. The van der Waals surface area contributed by atoms with Crippen LogP contribution in [0.4, 0.5) is 0 Å². The minimum absolute atomic E-state index is 0.0552. The van der Waals surface area contributed by atoms with Crippen LogP contribution in [0.1, 0.15) is 55.3 Å². The summed E-state index contributed by atoms with van der Waals surface area (Å²) in [6.45, 7) is 2.79. The van der Waals surface area contributed by atoms with Crippen LogP contribution in [0.5, 0.6) is 0 Å². The fraction of sp³-hybridized carbons (Fsp3) is 0.500. The Morgan fingerprint density at radius 1 is 1.45 bits per heavy atom. The standard InChI is InChI=1S/C16H20N4O2/c1-2-3-7-18-15(21)9-14-19-16(22-20-14)13-8-12(13)11-5-4-6-17-10-11/h4-6,10,12-13H,2-3,7-9H2,1H3,(H,18,21). The molecule has 3 rings (SSSR count). The molecule has 0 radical (unpaired) electrons. The smallest absolute Gasteiger partial charge is 0.230 e. The molecule has 6 heteroatoms. The maximum absolute atomic E-state index is 11.7. The van der Waals surface area contributed by atoms with Gasteiger partial charge in [0, 0.05) is 24.9 Å². The number of carbonyl (C=O) groups is 1. The van der Waals surface area contributed by atoms with Crippen molar-refractivity contribution in [2.75, 3.05) is 6.54 Å². The van der Waals surface area contributed by atoms with Gasteiger partial charge in [-0.1, -0.05) is 24.6 Å². The first-order valence-corrected chi connectivity index (χ1v) is 7.77. The van der Waals surface area contributed by atoms with E-state index in [0.717, 1.165) is 19.3 Å². The third kappa shape index (κ3) is 3.50. The van der Waals surface area contributed by atoms with E-state index in [1.54, 1.807) is 6.20 Å². The zero-order valence-electron chi connectivity index (χ0n) is 12.7. The number of nitrogens with zero attached hydrogens (tertiary/aromatic N) is 3. The molecule has 1 N–H and O–H groups in total. The molecule has 1 aliphatic carbocycles. The van der Waals surface area contributed by atoms with Crippen molar-refractivity contribution < 1.29 is 9.32 Å². The lowest BCUT2D eigenvalue weighted by Gasteiger charge is -2.00. The molecule has 22 heavy (non-hydrogen) atoms. The number of hydrogen-bond donors (Lipinski definition) is 1. The first-order chi connectivity index (χ1) is 10.8. The van der Waals surface area contributed by atoms with E-state index in [-0.39, 0.29) is 18.2 Å². The largest absolute Gasteiger partial charge is 0.356 e. The molecule has 0 saturated heterocycles. The molecule has 6 nitrogen and oxygen atoms in total. The van der Waals surface area contributed by atoms with Crippen molar-refractivity contribution in [3.63, 3.8) is 0 Å². The maximum atomic E-state index is 11.7. The van der Waals surface area contributed by atoms with E-state index in [4.69, 9.17) is 4.52 Å². The number of hydrogen-bond acceptors (Lipinski definition) is 5. The molecule has 2 unspecified atom stereocenters. The van der Waals surface area contributed by atoms with Crippen molar-refractivity contribution in [2.45, 2.75) is 44.4 Å². The Balaban J connectivity index is 1.53. The summed E-state index contributed by atoms with van der Waals surface area (Å²) < 4.78 is 5.31.